The van der Waals surface area contributed by atoms with Crippen LogP contribution in [0.5, 0.6) is 0 Å². The lowest BCUT2D eigenvalue weighted by atomic mass is 9.81. The molecule has 0 saturated carbocycles. The maximum atomic E-state index is 12.6. The Kier molecular flexibility index (Phi) is 5.67. The van der Waals surface area contributed by atoms with Crippen LogP contribution in [-0.4, -0.2) is 33.7 Å². The highest BCUT2D eigenvalue weighted by atomic mass is 16.4. The minimum absolute atomic E-state index is 0.0472. The van der Waals surface area contributed by atoms with Crippen LogP contribution in [0.2, 0.25) is 0 Å². The molecule has 0 aliphatic heterocycles. The molecule has 0 saturated heterocycles. The van der Waals surface area contributed by atoms with Crippen LogP contribution in [-0.2, 0) is 9.59 Å². The Morgan fingerprint density at radius 1 is 0.615 bits per heavy atom. The molecule has 2 rings (SSSR count). The molecule has 2 aromatic carbocycles. The molecule has 0 heterocycles. The second kappa shape index (κ2) is 7.74. The minimum atomic E-state index is -2.01. The van der Waals surface area contributed by atoms with Crippen molar-refractivity contribution in [3.63, 3.8) is 0 Å². The van der Waals surface area contributed by atoms with Gasteiger partial charge in [0.2, 0.25) is 0 Å². The molecule has 6 heteroatoms. The van der Waals surface area contributed by atoms with Crippen molar-refractivity contribution >= 4 is 23.5 Å². The monoisotopic (exact) mass is 354 g/mol. The molecule has 0 fully saturated rings. The summed E-state index contributed by atoms with van der Waals surface area (Å²) in [4.78, 5) is 48.6. The van der Waals surface area contributed by atoms with Crippen LogP contribution in [0.25, 0.3) is 0 Å². The molecular formula is C20H18O6. The third-order valence-corrected chi connectivity index (χ3v) is 4.10. The zero-order valence-electron chi connectivity index (χ0n) is 14.3. The SMILES string of the molecule is Cc1ccc(C(=O)[C@H](C(=O)O)[C@@H](C(=O)O)C(=O)c2ccc(C)cc2)cc1. The highest BCUT2D eigenvalue weighted by molar-refractivity contribution is 6.18. The summed E-state index contributed by atoms with van der Waals surface area (Å²) in [6, 6.07) is 12.1. The fourth-order valence-corrected chi connectivity index (χ4v) is 2.61. The second-order valence-electron chi connectivity index (χ2n) is 6.09. The Balaban J connectivity index is 2.46. The van der Waals surface area contributed by atoms with Gasteiger partial charge in [-0.1, -0.05) is 59.7 Å². The number of aryl methyl sites for hydroxylation is 2. The molecule has 2 N–H and O–H groups in total. The molecule has 26 heavy (non-hydrogen) atoms. The fraction of sp³-hybridized carbons (Fsp3) is 0.200. The number of rotatable bonds is 7. The number of benzene rings is 2. The summed E-state index contributed by atoms with van der Waals surface area (Å²) in [5.74, 6) is -9.14. The standard InChI is InChI=1S/C20H18O6/c1-11-3-7-13(8-4-11)17(21)15(19(23)24)16(20(25)26)18(22)14-9-5-12(2)6-10-14/h3-10,15-16H,1-2H3,(H,23,24)(H,25,26)/t15-,16-/m1/s1. The van der Waals surface area contributed by atoms with E-state index < -0.39 is 35.3 Å². The summed E-state index contributed by atoms with van der Waals surface area (Å²) in [6.45, 7) is 3.59. The lowest BCUT2D eigenvalue weighted by Gasteiger charge is -2.19. The molecule has 2 atom stereocenters. The smallest absolute Gasteiger partial charge is 0.315 e. The van der Waals surface area contributed by atoms with Gasteiger partial charge in [-0.2, -0.15) is 0 Å². The van der Waals surface area contributed by atoms with E-state index in [0.717, 1.165) is 11.1 Å². The number of ketones is 2. The number of carbonyl (C=O) groups excluding carboxylic acids is 2. The molecule has 0 bridgehead atoms. The van der Waals surface area contributed by atoms with Crippen LogP contribution < -0.4 is 0 Å². The number of hydrogen-bond donors (Lipinski definition) is 2. The van der Waals surface area contributed by atoms with Crippen molar-refractivity contribution in [3.8, 4) is 0 Å². The first-order chi connectivity index (χ1) is 12.2. The number of hydrogen-bond acceptors (Lipinski definition) is 4. The van der Waals surface area contributed by atoms with E-state index in [9.17, 15) is 29.4 Å². The van der Waals surface area contributed by atoms with Crippen LogP contribution in [0, 0.1) is 25.7 Å². The topological polar surface area (TPSA) is 109 Å². The Labute approximate surface area is 150 Å². The first kappa shape index (κ1) is 19.1. The Bertz CT molecular complexity index is 775. The van der Waals surface area contributed by atoms with E-state index >= 15 is 0 Å². The molecule has 2 aromatic rings. The van der Waals surface area contributed by atoms with E-state index in [-0.39, 0.29) is 11.1 Å². The first-order valence-corrected chi connectivity index (χ1v) is 7.89. The molecule has 0 unspecified atom stereocenters. The van der Waals surface area contributed by atoms with E-state index in [1.54, 1.807) is 38.1 Å². The van der Waals surface area contributed by atoms with E-state index in [1.807, 2.05) is 0 Å². The van der Waals surface area contributed by atoms with Gasteiger partial charge in [0.05, 0.1) is 0 Å². The predicted molar refractivity (Wildman–Crippen MR) is 93.3 cm³/mol. The maximum Gasteiger partial charge on any atom is 0.315 e. The number of carbonyl (C=O) groups is 4. The van der Waals surface area contributed by atoms with E-state index in [0.29, 0.717) is 0 Å². The second-order valence-corrected chi connectivity index (χ2v) is 6.09. The number of carboxylic acids is 2. The zero-order chi connectivity index (χ0) is 19.4. The van der Waals surface area contributed by atoms with Crippen LogP contribution in [0.3, 0.4) is 0 Å². The molecule has 0 radical (unpaired) electrons. The van der Waals surface area contributed by atoms with Crippen LogP contribution in [0.1, 0.15) is 31.8 Å². The van der Waals surface area contributed by atoms with Gasteiger partial charge in [-0.05, 0) is 13.8 Å². The number of Topliss-reactive ketones (excluding diaryl/α,β-unsaturated/α-hetero) is 2. The predicted octanol–water partition coefficient (Wildman–Crippen LogP) is 2.77. The number of aliphatic carboxylic acids is 2. The van der Waals surface area contributed by atoms with Gasteiger partial charge >= 0.3 is 11.9 Å². The Morgan fingerprint density at radius 2 is 0.885 bits per heavy atom. The highest BCUT2D eigenvalue weighted by Gasteiger charge is 2.44. The van der Waals surface area contributed by atoms with Gasteiger partial charge < -0.3 is 10.2 Å². The average Bonchev–Trinajstić information content (AvgIpc) is 2.59. The van der Waals surface area contributed by atoms with Gasteiger partial charge in [-0.3, -0.25) is 19.2 Å². The van der Waals surface area contributed by atoms with Gasteiger partial charge in [0, 0.05) is 11.1 Å². The van der Waals surface area contributed by atoms with Crippen LogP contribution in [0.4, 0.5) is 0 Å². The summed E-state index contributed by atoms with van der Waals surface area (Å²) < 4.78 is 0. The highest BCUT2D eigenvalue weighted by Crippen LogP contribution is 2.24. The molecule has 0 aromatic heterocycles. The van der Waals surface area contributed by atoms with Crippen LogP contribution >= 0.6 is 0 Å². The van der Waals surface area contributed by atoms with Crippen LogP contribution in [0.15, 0.2) is 48.5 Å². The van der Waals surface area contributed by atoms with Gasteiger partial charge in [-0.15, -0.1) is 0 Å². The Morgan fingerprint density at radius 3 is 1.12 bits per heavy atom. The number of carboxylic acid groups (broad SMARTS) is 2. The molecule has 0 amide bonds. The van der Waals surface area contributed by atoms with E-state index in [2.05, 4.69) is 0 Å². The summed E-state index contributed by atoms with van der Waals surface area (Å²) in [7, 11) is 0. The largest absolute Gasteiger partial charge is 0.481 e. The molecule has 0 aliphatic rings. The van der Waals surface area contributed by atoms with Gasteiger partial charge in [0.15, 0.2) is 11.6 Å². The molecular weight excluding hydrogens is 336 g/mol. The zero-order valence-corrected chi connectivity index (χ0v) is 14.3. The van der Waals surface area contributed by atoms with Crippen molar-refractivity contribution in [1.82, 2.24) is 0 Å². The molecule has 6 nitrogen and oxygen atoms in total. The normalized spacial score (nSPS) is 12.8. The summed E-state index contributed by atoms with van der Waals surface area (Å²) in [5, 5.41) is 19.0. The summed E-state index contributed by atoms with van der Waals surface area (Å²) in [6.07, 6.45) is 0. The lowest BCUT2D eigenvalue weighted by molar-refractivity contribution is -0.149. The quantitative estimate of drug-likeness (QED) is 0.584. The van der Waals surface area contributed by atoms with E-state index in [4.69, 9.17) is 0 Å². The third kappa shape index (κ3) is 4.03. The van der Waals surface area contributed by atoms with Crippen molar-refractivity contribution in [1.29, 1.82) is 0 Å². The van der Waals surface area contributed by atoms with Crippen molar-refractivity contribution < 1.29 is 29.4 Å². The minimum Gasteiger partial charge on any atom is -0.481 e. The van der Waals surface area contributed by atoms with Gasteiger partial charge in [-0.25, -0.2) is 0 Å². The van der Waals surface area contributed by atoms with Gasteiger partial charge in [0.1, 0.15) is 11.8 Å². The third-order valence-electron chi connectivity index (χ3n) is 4.10. The molecule has 0 aliphatic carbocycles. The van der Waals surface area contributed by atoms with Crippen molar-refractivity contribution in [2.45, 2.75) is 13.8 Å². The van der Waals surface area contributed by atoms with Crippen molar-refractivity contribution in [3.05, 3.63) is 70.8 Å². The molecule has 0 spiro atoms. The van der Waals surface area contributed by atoms with Crippen molar-refractivity contribution in [2.24, 2.45) is 11.8 Å². The van der Waals surface area contributed by atoms with Gasteiger partial charge in [0.25, 0.3) is 0 Å². The maximum absolute atomic E-state index is 12.6. The van der Waals surface area contributed by atoms with Crippen molar-refractivity contribution in [2.75, 3.05) is 0 Å². The fourth-order valence-electron chi connectivity index (χ4n) is 2.61. The summed E-state index contributed by atoms with van der Waals surface area (Å²) in [5.41, 5.74) is 1.81. The average molecular weight is 354 g/mol. The molecule has 134 valence electrons. The summed E-state index contributed by atoms with van der Waals surface area (Å²) >= 11 is 0. The Hall–Kier alpha value is -3.28. The first-order valence-electron chi connectivity index (χ1n) is 7.89. The lowest BCUT2D eigenvalue weighted by Crippen LogP contribution is -2.40. The van der Waals surface area contributed by atoms with E-state index in [1.165, 1.54) is 24.3 Å².